The molecule has 1 fully saturated rings. The lowest BCUT2D eigenvalue weighted by Gasteiger charge is -2.07. The number of nitrogens with one attached hydrogen (secondary N) is 2. The van der Waals surface area contributed by atoms with Crippen LogP contribution >= 0.6 is 22.6 Å². The van der Waals surface area contributed by atoms with Crippen molar-refractivity contribution < 1.29 is 9.59 Å². The predicted molar refractivity (Wildman–Crippen MR) is 83.1 cm³/mol. The van der Waals surface area contributed by atoms with Gasteiger partial charge in [0.25, 0.3) is 5.91 Å². The van der Waals surface area contributed by atoms with Crippen LogP contribution in [0.5, 0.6) is 0 Å². The van der Waals surface area contributed by atoms with E-state index < -0.39 is 11.9 Å². The quantitative estimate of drug-likeness (QED) is 0.478. The molecule has 100 valence electrons. The molecule has 6 heteroatoms. The van der Waals surface area contributed by atoms with Gasteiger partial charge in [0.2, 0.25) is 0 Å². The van der Waals surface area contributed by atoms with Crippen LogP contribution in [0.1, 0.15) is 5.69 Å². The van der Waals surface area contributed by atoms with Gasteiger partial charge in [-0.1, -0.05) is 0 Å². The molecule has 2 N–H and O–H groups in total. The number of halogens is 1. The van der Waals surface area contributed by atoms with Gasteiger partial charge in [-0.25, -0.2) is 4.79 Å². The zero-order valence-electron chi connectivity index (χ0n) is 10.3. The fraction of sp³-hybridized carbons (Fsp3) is 0. The van der Waals surface area contributed by atoms with Gasteiger partial charge in [-0.15, -0.1) is 0 Å². The Morgan fingerprint density at radius 2 is 1.80 bits per heavy atom. The van der Waals surface area contributed by atoms with Gasteiger partial charge in [0.1, 0.15) is 5.70 Å². The van der Waals surface area contributed by atoms with Crippen LogP contribution in [0, 0.1) is 3.57 Å². The molecule has 1 aliphatic heterocycles. The van der Waals surface area contributed by atoms with Crippen LogP contribution in [-0.4, -0.2) is 16.5 Å². The highest BCUT2D eigenvalue weighted by Crippen LogP contribution is 2.17. The minimum atomic E-state index is -0.492. The van der Waals surface area contributed by atoms with Crippen molar-refractivity contribution in [3.05, 3.63) is 57.6 Å². The highest BCUT2D eigenvalue weighted by atomic mass is 127. The molecule has 20 heavy (non-hydrogen) atoms. The third kappa shape index (κ3) is 2.46. The Morgan fingerprint density at radius 3 is 2.45 bits per heavy atom. The fourth-order valence-corrected chi connectivity index (χ4v) is 2.34. The van der Waals surface area contributed by atoms with E-state index in [1.165, 1.54) is 0 Å². The van der Waals surface area contributed by atoms with Crippen molar-refractivity contribution >= 4 is 40.6 Å². The molecule has 0 saturated carbocycles. The summed E-state index contributed by atoms with van der Waals surface area (Å²) in [4.78, 5) is 22.6. The predicted octanol–water partition coefficient (Wildman–Crippen LogP) is 2.26. The van der Waals surface area contributed by atoms with Crippen molar-refractivity contribution in [1.29, 1.82) is 0 Å². The molecule has 0 unspecified atom stereocenters. The Bertz CT molecular complexity index is 716. The Morgan fingerprint density at radius 1 is 1.05 bits per heavy atom. The zero-order chi connectivity index (χ0) is 14.1. The number of rotatable bonds is 2. The second kappa shape index (κ2) is 5.12. The molecule has 0 atom stereocenters. The Labute approximate surface area is 128 Å². The van der Waals surface area contributed by atoms with E-state index in [-0.39, 0.29) is 5.70 Å². The number of hydrogen-bond acceptors (Lipinski definition) is 2. The highest BCUT2D eigenvalue weighted by Gasteiger charge is 2.23. The highest BCUT2D eigenvalue weighted by molar-refractivity contribution is 14.1. The molecule has 1 aromatic carbocycles. The molecular formula is C14H10IN3O2. The van der Waals surface area contributed by atoms with Crippen molar-refractivity contribution in [2.24, 2.45) is 0 Å². The van der Waals surface area contributed by atoms with Gasteiger partial charge in [0.15, 0.2) is 0 Å². The number of hydrogen-bond donors (Lipinski definition) is 2. The molecule has 1 saturated heterocycles. The van der Waals surface area contributed by atoms with E-state index in [2.05, 4.69) is 33.2 Å². The van der Waals surface area contributed by atoms with Crippen LogP contribution < -0.4 is 10.6 Å². The Balaban J connectivity index is 1.99. The van der Waals surface area contributed by atoms with E-state index in [1.807, 2.05) is 47.2 Å². The van der Waals surface area contributed by atoms with E-state index in [0.29, 0.717) is 0 Å². The van der Waals surface area contributed by atoms with Gasteiger partial charge in [-0.2, -0.15) is 0 Å². The van der Waals surface area contributed by atoms with Gasteiger partial charge in [0, 0.05) is 21.1 Å². The monoisotopic (exact) mass is 379 g/mol. The van der Waals surface area contributed by atoms with Crippen LogP contribution in [0.2, 0.25) is 0 Å². The molecule has 0 bridgehead atoms. The Kier molecular flexibility index (Phi) is 3.31. The molecular weight excluding hydrogens is 369 g/mol. The van der Waals surface area contributed by atoms with Crippen molar-refractivity contribution in [1.82, 2.24) is 15.2 Å². The molecule has 5 nitrogen and oxygen atoms in total. The number of nitrogens with zero attached hydrogens (tertiary/aromatic N) is 1. The summed E-state index contributed by atoms with van der Waals surface area (Å²) in [6, 6.07) is 11.3. The maximum atomic E-state index is 11.5. The second-order valence-corrected chi connectivity index (χ2v) is 5.49. The molecule has 3 amide bonds. The summed E-state index contributed by atoms with van der Waals surface area (Å²) >= 11 is 2.25. The minimum absolute atomic E-state index is 0.250. The summed E-state index contributed by atoms with van der Waals surface area (Å²) in [7, 11) is 0. The molecule has 0 aliphatic carbocycles. The maximum Gasteiger partial charge on any atom is 0.326 e. The first-order valence-corrected chi connectivity index (χ1v) is 6.99. The van der Waals surface area contributed by atoms with Gasteiger partial charge >= 0.3 is 6.03 Å². The number of benzene rings is 1. The largest absolute Gasteiger partial charge is 0.326 e. The van der Waals surface area contributed by atoms with Gasteiger partial charge in [0.05, 0.1) is 0 Å². The lowest BCUT2D eigenvalue weighted by molar-refractivity contribution is -0.115. The lowest BCUT2D eigenvalue weighted by atomic mass is 10.3. The summed E-state index contributed by atoms with van der Waals surface area (Å²) < 4.78 is 3.10. The average Bonchev–Trinajstić information content (AvgIpc) is 2.98. The SMILES string of the molecule is O=C1NC(=O)/C(=C\c2cccn2-c2ccc(I)cc2)N1. The van der Waals surface area contributed by atoms with Gasteiger partial charge in [-0.05, 0) is 65.1 Å². The third-order valence-electron chi connectivity index (χ3n) is 2.90. The smallest absolute Gasteiger partial charge is 0.317 e. The molecule has 2 aromatic rings. The van der Waals surface area contributed by atoms with E-state index in [4.69, 9.17) is 0 Å². The molecule has 1 aliphatic rings. The first-order chi connectivity index (χ1) is 9.63. The summed E-state index contributed by atoms with van der Waals surface area (Å²) in [6.07, 6.45) is 3.56. The average molecular weight is 379 g/mol. The number of carbonyl (C=O) groups excluding carboxylic acids is 2. The fourth-order valence-electron chi connectivity index (χ4n) is 1.98. The van der Waals surface area contributed by atoms with E-state index in [1.54, 1.807) is 6.08 Å². The van der Waals surface area contributed by atoms with E-state index in [0.717, 1.165) is 15.0 Å². The molecule has 0 radical (unpaired) electrons. The Hall–Kier alpha value is -2.09. The van der Waals surface area contributed by atoms with Crippen LogP contribution in [0.4, 0.5) is 4.79 Å². The summed E-state index contributed by atoms with van der Waals surface area (Å²) in [5.74, 6) is -0.412. The number of carbonyl (C=O) groups is 2. The molecule has 3 rings (SSSR count). The van der Waals surface area contributed by atoms with Crippen LogP contribution in [0.15, 0.2) is 48.3 Å². The van der Waals surface area contributed by atoms with Crippen molar-refractivity contribution in [2.75, 3.05) is 0 Å². The number of aromatic nitrogens is 1. The van der Waals surface area contributed by atoms with Crippen molar-refractivity contribution in [3.63, 3.8) is 0 Å². The zero-order valence-corrected chi connectivity index (χ0v) is 12.4. The topological polar surface area (TPSA) is 63.1 Å². The first-order valence-electron chi connectivity index (χ1n) is 5.91. The van der Waals surface area contributed by atoms with Crippen LogP contribution in [0.3, 0.4) is 0 Å². The summed E-state index contributed by atoms with van der Waals surface area (Å²) in [6.45, 7) is 0. The van der Waals surface area contributed by atoms with Gasteiger partial charge < -0.3 is 9.88 Å². The van der Waals surface area contributed by atoms with Gasteiger partial charge in [-0.3, -0.25) is 10.1 Å². The van der Waals surface area contributed by atoms with E-state index >= 15 is 0 Å². The summed E-state index contributed by atoms with van der Waals surface area (Å²) in [5.41, 5.74) is 2.06. The maximum absolute atomic E-state index is 11.5. The first kappa shape index (κ1) is 12.9. The van der Waals surface area contributed by atoms with Crippen LogP contribution in [-0.2, 0) is 4.79 Å². The van der Waals surface area contributed by atoms with Crippen molar-refractivity contribution in [2.45, 2.75) is 0 Å². The molecule has 1 aromatic heterocycles. The number of imide groups is 1. The number of urea groups is 1. The summed E-state index contributed by atoms with van der Waals surface area (Å²) in [5, 5.41) is 4.66. The molecule has 0 spiro atoms. The van der Waals surface area contributed by atoms with Crippen molar-refractivity contribution in [3.8, 4) is 5.69 Å². The standard InChI is InChI=1S/C14H10IN3O2/c15-9-3-5-10(6-4-9)18-7-1-2-11(18)8-12-13(19)17-14(20)16-12/h1-8H,(H2,16,17,19,20)/b12-8+. The lowest BCUT2D eigenvalue weighted by Crippen LogP contribution is -2.22. The molecule has 2 heterocycles. The normalized spacial score (nSPS) is 16.4. The van der Waals surface area contributed by atoms with E-state index in [9.17, 15) is 9.59 Å². The minimum Gasteiger partial charge on any atom is -0.317 e. The number of amides is 3. The van der Waals surface area contributed by atoms with Crippen LogP contribution in [0.25, 0.3) is 11.8 Å². The second-order valence-electron chi connectivity index (χ2n) is 4.25. The third-order valence-corrected chi connectivity index (χ3v) is 3.62.